The van der Waals surface area contributed by atoms with Gasteiger partial charge in [0.15, 0.2) is 0 Å². The van der Waals surface area contributed by atoms with Crippen LogP contribution >= 0.6 is 11.3 Å². The second-order valence-corrected chi connectivity index (χ2v) is 11.2. The molecule has 2 aliphatic rings. The molecule has 1 atom stereocenters. The molecule has 1 N–H and O–H groups in total. The largest absolute Gasteiger partial charge is 0.351 e. The third-order valence-corrected chi connectivity index (χ3v) is 8.50. The number of carbonyl (C=O) groups is 2. The number of fused-ring (bicyclic) bond motifs is 1. The topological polar surface area (TPSA) is 67.2 Å². The molecular weight excluding hydrogens is 456 g/mol. The molecule has 0 bridgehead atoms. The minimum Gasteiger partial charge on any atom is -0.351 e. The number of aryl methyl sites for hydroxylation is 2. The summed E-state index contributed by atoms with van der Waals surface area (Å²) in [4.78, 5) is 30.7. The Bertz CT molecular complexity index is 1220. The molecule has 6 nitrogen and oxygen atoms in total. The number of anilines is 1. The zero-order valence-electron chi connectivity index (χ0n) is 20.8. The van der Waals surface area contributed by atoms with Crippen LogP contribution in [0.2, 0.25) is 0 Å². The van der Waals surface area contributed by atoms with E-state index < -0.39 is 5.54 Å². The lowest BCUT2D eigenvalue weighted by molar-refractivity contribution is -0.127. The number of benzene rings is 1. The first-order chi connectivity index (χ1) is 16.9. The monoisotopic (exact) mass is 490 g/mol. The highest BCUT2D eigenvalue weighted by Gasteiger charge is 2.49. The average Bonchev–Trinajstić information content (AvgIpc) is 3.48. The van der Waals surface area contributed by atoms with Gasteiger partial charge in [0.2, 0.25) is 5.91 Å². The Morgan fingerprint density at radius 1 is 1.06 bits per heavy atom. The van der Waals surface area contributed by atoms with Gasteiger partial charge in [0.05, 0.1) is 11.4 Å². The van der Waals surface area contributed by atoms with Crippen LogP contribution in [0.15, 0.2) is 41.8 Å². The molecule has 1 saturated carbocycles. The van der Waals surface area contributed by atoms with Crippen LogP contribution in [0, 0.1) is 13.8 Å². The fourth-order valence-corrected chi connectivity index (χ4v) is 6.02. The average molecular weight is 491 g/mol. The fraction of sp³-hybridized carbons (Fsp3) is 0.464. The highest BCUT2D eigenvalue weighted by molar-refractivity contribution is 7.13. The van der Waals surface area contributed by atoms with Gasteiger partial charge in [0.1, 0.15) is 16.9 Å². The van der Waals surface area contributed by atoms with E-state index in [9.17, 15) is 9.59 Å². The lowest BCUT2D eigenvalue weighted by Crippen LogP contribution is -2.65. The van der Waals surface area contributed by atoms with Crippen LogP contribution < -0.4 is 10.2 Å². The van der Waals surface area contributed by atoms with Crippen molar-refractivity contribution in [1.82, 2.24) is 15.1 Å². The Labute approximate surface area is 211 Å². The highest BCUT2D eigenvalue weighted by Crippen LogP contribution is 2.36. The van der Waals surface area contributed by atoms with Gasteiger partial charge in [-0.1, -0.05) is 44.2 Å². The number of hydrogen-bond acceptors (Lipinski definition) is 4. The second kappa shape index (κ2) is 9.61. The van der Waals surface area contributed by atoms with E-state index in [0.717, 1.165) is 53.1 Å². The Kier molecular flexibility index (Phi) is 6.53. The normalized spacial score (nSPS) is 21.3. The van der Waals surface area contributed by atoms with Gasteiger partial charge in [-0.25, -0.2) is 0 Å². The van der Waals surface area contributed by atoms with Crippen LogP contribution in [-0.4, -0.2) is 33.2 Å². The predicted octanol–water partition coefficient (Wildman–Crippen LogP) is 5.88. The van der Waals surface area contributed by atoms with Crippen LogP contribution in [0.1, 0.15) is 73.5 Å². The minimum absolute atomic E-state index is 0.103. The number of amides is 2. The van der Waals surface area contributed by atoms with E-state index in [2.05, 4.69) is 12.2 Å². The third-order valence-electron chi connectivity index (χ3n) is 7.61. The number of rotatable bonds is 4. The van der Waals surface area contributed by atoms with Crippen LogP contribution in [0.4, 0.5) is 5.69 Å². The molecule has 3 heterocycles. The van der Waals surface area contributed by atoms with Gasteiger partial charge in [0.25, 0.3) is 5.91 Å². The zero-order chi connectivity index (χ0) is 24.6. The van der Waals surface area contributed by atoms with Gasteiger partial charge in [0, 0.05) is 11.7 Å². The number of nitrogens with one attached hydrogen (secondary N) is 1. The number of nitrogens with zero attached hydrogens (tertiary/aromatic N) is 3. The van der Waals surface area contributed by atoms with Crippen molar-refractivity contribution in [3.8, 4) is 10.6 Å². The molecule has 0 spiro atoms. The first-order valence-electron chi connectivity index (χ1n) is 12.7. The lowest BCUT2D eigenvalue weighted by atomic mass is 9.91. The Morgan fingerprint density at radius 3 is 2.49 bits per heavy atom. The highest BCUT2D eigenvalue weighted by atomic mass is 32.1. The number of thiophene rings is 1. The van der Waals surface area contributed by atoms with Crippen molar-refractivity contribution in [1.29, 1.82) is 0 Å². The summed E-state index contributed by atoms with van der Waals surface area (Å²) >= 11 is 1.59. The Morgan fingerprint density at radius 2 is 1.80 bits per heavy atom. The molecule has 0 saturated heterocycles. The summed E-state index contributed by atoms with van der Waals surface area (Å²) in [6.45, 7) is 6.29. The summed E-state index contributed by atoms with van der Waals surface area (Å²) in [6, 6.07) is 12.0. The molecule has 2 aromatic heterocycles. The molecule has 7 heteroatoms. The van der Waals surface area contributed by atoms with Crippen LogP contribution in [-0.2, 0) is 11.3 Å². The van der Waals surface area contributed by atoms with E-state index in [1.165, 1.54) is 19.3 Å². The molecule has 1 fully saturated rings. The van der Waals surface area contributed by atoms with E-state index in [4.69, 9.17) is 5.10 Å². The van der Waals surface area contributed by atoms with Crippen molar-refractivity contribution in [2.75, 3.05) is 4.90 Å². The Balaban J connectivity index is 1.54. The number of carbonyl (C=O) groups excluding carboxylic acids is 2. The van der Waals surface area contributed by atoms with Gasteiger partial charge >= 0.3 is 0 Å². The van der Waals surface area contributed by atoms with E-state index in [-0.39, 0.29) is 17.9 Å². The SMILES string of the molecule is Cc1ccc(N2C(=O)c3cc(-c4cccs4)nn3C[C@]2(C)C(=O)NC2CCCCCCC2)cc1C. The molecule has 2 amide bonds. The van der Waals surface area contributed by atoms with E-state index in [1.807, 2.05) is 55.6 Å². The van der Waals surface area contributed by atoms with E-state index >= 15 is 0 Å². The molecule has 0 radical (unpaired) electrons. The third kappa shape index (κ3) is 4.54. The van der Waals surface area contributed by atoms with Crippen molar-refractivity contribution in [3.63, 3.8) is 0 Å². The summed E-state index contributed by atoms with van der Waals surface area (Å²) in [6.07, 6.45) is 7.98. The van der Waals surface area contributed by atoms with Crippen molar-refractivity contribution < 1.29 is 9.59 Å². The smallest absolute Gasteiger partial charge is 0.277 e. The zero-order valence-corrected chi connectivity index (χ0v) is 21.7. The van der Waals surface area contributed by atoms with Crippen LogP contribution in [0.3, 0.4) is 0 Å². The molecule has 1 aromatic carbocycles. The summed E-state index contributed by atoms with van der Waals surface area (Å²) in [5.74, 6) is -0.293. The summed E-state index contributed by atoms with van der Waals surface area (Å²) in [7, 11) is 0. The maximum Gasteiger partial charge on any atom is 0.277 e. The van der Waals surface area contributed by atoms with Gasteiger partial charge in [-0.15, -0.1) is 11.3 Å². The molecule has 1 aliphatic heterocycles. The van der Waals surface area contributed by atoms with Crippen LogP contribution in [0.25, 0.3) is 10.6 Å². The Hall–Kier alpha value is -2.93. The first kappa shape index (κ1) is 23.8. The maximum atomic E-state index is 14.0. The van der Waals surface area contributed by atoms with Gasteiger partial charge in [-0.3, -0.25) is 19.2 Å². The maximum absolute atomic E-state index is 14.0. The van der Waals surface area contributed by atoms with Crippen molar-refractivity contribution in [3.05, 3.63) is 58.6 Å². The standard InChI is InChI=1S/C28H34N4O2S/c1-19-13-14-22(16-20(19)2)32-26(33)24-17-23(25-12-9-15-35-25)30-31(24)18-28(32,3)27(34)29-21-10-7-5-4-6-8-11-21/h9,12-17,21H,4-8,10-11,18H2,1-3H3,(H,29,34)/t28-/m1/s1. The predicted molar refractivity (Wildman–Crippen MR) is 141 cm³/mol. The molecule has 3 aromatic rings. The van der Waals surface area contributed by atoms with Crippen molar-refractivity contribution in [2.24, 2.45) is 0 Å². The second-order valence-electron chi connectivity index (χ2n) is 10.2. The number of hydrogen-bond donors (Lipinski definition) is 1. The van der Waals surface area contributed by atoms with E-state index in [0.29, 0.717) is 12.2 Å². The molecule has 5 rings (SSSR count). The quantitative estimate of drug-likeness (QED) is 0.497. The van der Waals surface area contributed by atoms with Crippen molar-refractivity contribution >= 4 is 28.8 Å². The lowest BCUT2D eigenvalue weighted by Gasteiger charge is -2.44. The minimum atomic E-state index is -1.09. The van der Waals surface area contributed by atoms with Gasteiger partial charge in [-0.2, -0.15) is 5.10 Å². The molecule has 184 valence electrons. The first-order valence-corrected chi connectivity index (χ1v) is 13.6. The number of aromatic nitrogens is 2. The van der Waals surface area contributed by atoms with E-state index in [1.54, 1.807) is 20.9 Å². The molecular formula is C28H34N4O2S. The van der Waals surface area contributed by atoms with Gasteiger partial charge in [-0.05, 0) is 74.4 Å². The summed E-state index contributed by atoms with van der Waals surface area (Å²) in [5.41, 5.74) is 3.20. The summed E-state index contributed by atoms with van der Waals surface area (Å²) in [5, 5.41) is 10.1. The van der Waals surface area contributed by atoms with Crippen molar-refractivity contribution in [2.45, 2.75) is 83.8 Å². The molecule has 1 aliphatic carbocycles. The van der Waals surface area contributed by atoms with Crippen LogP contribution in [0.5, 0.6) is 0 Å². The molecule has 0 unspecified atom stereocenters. The molecule has 35 heavy (non-hydrogen) atoms. The van der Waals surface area contributed by atoms with Gasteiger partial charge < -0.3 is 5.32 Å². The summed E-state index contributed by atoms with van der Waals surface area (Å²) < 4.78 is 1.73. The fourth-order valence-electron chi connectivity index (χ4n) is 5.34.